The zero-order valence-corrected chi connectivity index (χ0v) is 30.5. The molecule has 0 radical (unpaired) electrons. The van der Waals surface area contributed by atoms with Gasteiger partial charge >= 0.3 is 11.9 Å². The number of carbonyl (C=O) groups excluding carboxylic acids is 2. The van der Waals surface area contributed by atoms with Crippen LogP contribution in [0.3, 0.4) is 0 Å². The van der Waals surface area contributed by atoms with Crippen LogP contribution >= 0.6 is 0 Å². The lowest BCUT2D eigenvalue weighted by Gasteiger charge is -2.14. The van der Waals surface area contributed by atoms with E-state index in [1.807, 2.05) is 24.3 Å². The first-order chi connectivity index (χ1) is 25.5. The minimum atomic E-state index is -0.557. The summed E-state index contributed by atoms with van der Waals surface area (Å²) in [5.41, 5.74) is 0.636. The van der Waals surface area contributed by atoms with E-state index in [-0.39, 0.29) is 0 Å². The number of esters is 2. The summed E-state index contributed by atoms with van der Waals surface area (Å²) in [6, 6.07) is 16.3. The number of hydrogen-bond donors (Lipinski definition) is 0. The zero-order valence-electron chi connectivity index (χ0n) is 30.5. The average Bonchev–Trinajstić information content (AvgIpc) is 3.16. The largest absolute Gasteiger partial charge is 0.490 e. The molecule has 8 nitrogen and oxygen atoms in total. The van der Waals surface area contributed by atoms with Gasteiger partial charge in [0.1, 0.15) is 11.5 Å². The predicted molar refractivity (Wildman–Crippen MR) is 207 cm³/mol. The fourth-order valence-electron chi connectivity index (χ4n) is 4.93. The number of carbonyl (C=O) groups is 2. The molecule has 0 bridgehead atoms. The number of rotatable bonds is 28. The van der Waals surface area contributed by atoms with Crippen LogP contribution in [0.1, 0.15) is 97.8 Å². The first-order valence-corrected chi connectivity index (χ1v) is 18.3. The van der Waals surface area contributed by atoms with Crippen molar-refractivity contribution in [2.75, 3.05) is 26.4 Å². The summed E-state index contributed by atoms with van der Waals surface area (Å²) < 4.78 is 35.2. The number of ether oxygens (including phenoxy) is 6. The highest BCUT2D eigenvalue weighted by Crippen LogP contribution is 2.31. The molecule has 0 saturated carbocycles. The molecule has 0 aliphatic carbocycles. The van der Waals surface area contributed by atoms with Crippen LogP contribution in [0.4, 0.5) is 0 Å². The Bertz CT molecular complexity index is 1440. The first-order valence-electron chi connectivity index (χ1n) is 18.3. The Balaban J connectivity index is 1.63. The molecule has 0 aliphatic rings. The van der Waals surface area contributed by atoms with Gasteiger partial charge in [-0.05, 0) is 138 Å². The summed E-state index contributed by atoms with van der Waals surface area (Å²) in [5.74, 6) is 1.61. The SMILES string of the molecule is C=CCCCCOc1ccc(C(=O)Oc2ccc(OC(=O)c3ccc(OCCCCC=C)c(OCCCCC=C)c3)cc2)cc1OCCCCC=C. The lowest BCUT2D eigenvalue weighted by molar-refractivity contribution is 0.0719. The summed E-state index contributed by atoms with van der Waals surface area (Å²) in [6.45, 7) is 17.1. The Morgan fingerprint density at radius 3 is 1.04 bits per heavy atom. The maximum Gasteiger partial charge on any atom is 0.343 e. The van der Waals surface area contributed by atoms with Crippen LogP contribution < -0.4 is 28.4 Å². The highest BCUT2D eigenvalue weighted by molar-refractivity contribution is 5.92. The molecular weight excluding hydrogens is 656 g/mol. The topological polar surface area (TPSA) is 89.5 Å². The molecule has 3 aromatic carbocycles. The van der Waals surface area contributed by atoms with Crippen LogP contribution in [0.2, 0.25) is 0 Å². The third kappa shape index (κ3) is 15.3. The van der Waals surface area contributed by atoms with Crippen LogP contribution in [0.25, 0.3) is 0 Å². The van der Waals surface area contributed by atoms with Gasteiger partial charge in [0.15, 0.2) is 23.0 Å². The van der Waals surface area contributed by atoms with E-state index in [1.54, 1.807) is 60.7 Å². The molecule has 0 aliphatic heterocycles. The fraction of sp³-hybridized carbons (Fsp3) is 0.364. The van der Waals surface area contributed by atoms with Gasteiger partial charge < -0.3 is 28.4 Å². The van der Waals surface area contributed by atoms with Crippen molar-refractivity contribution in [3.05, 3.63) is 122 Å². The summed E-state index contributed by atoms with van der Waals surface area (Å²) in [4.78, 5) is 26.2. The number of hydrogen-bond acceptors (Lipinski definition) is 8. The Kier molecular flexibility index (Phi) is 19.7. The lowest BCUT2D eigenvalue weighted by atomic mass is 10.2. The van der Waals surface area contributed by atoms with Gasteiger partial charge in [0.25, 0.3) is 0 Å². The van der Waals surface area contributed by atoms with Gasteiger partial charge in [0.05, 0.1) is 37.6 Å². The molecule has 278 valence electrons. The Morgan fingerprint density at radius 2 is 0.731 bits per heavy atom. The second-order valence-electron chi connectivity index (χ2n) is 12.1. The van der Waals surface area contributed by atoms with Crippen LogP contribution in [0.15, 0.2) is 111 Å². The molecule has 8 heteroatoms. The van der Waals surface area contributed by atoms with E-state index in [1.165, 1.54) is 0 Å². The Morgan fingerprint density at radius 1 is 0.423 bits per heavy atom. The van der Waals surface area contributed by atoms with E-state index >= 15 is 0 Å². The van der Waals surface area contributed by atoms with E-state index < -0.39 is 11.9 Å². The van der Waals surface area contributed by atoms with Gasteiger partial charge in [-0.25, -0.2) is 9.59 Å². The molecule has 0 N–H and O–H groups in total. The van der Waals surface area contributed by atoms with Gasteiger partial charge in [-0.1, -0.05) is 24.3 Å². The molecule has 0 atom stereocenters. The van der Waals surface area contributed by atoms with Crippen molar-refractivity contribution in [1.29, 1.82) is 0 Å². The van der Waals surface area contributed by atoms with Crippen molar-refractivity contribution in [2.45, 2.75) is 77.0 Å². The van der Waals surface area contributed by atoms with Crippen molar-refractivity contribution in [3.8, 4) is 34.5 Å². The number of allylic oxidation sites excluding steroid dienone is 4. The third-order valence-corrected chi connectivity index (χ3v) is 7.84. The van der Waals surface area contributed by atoms with Gasteiger partial charge in [0, 0.05) is 0 Å². The molecule has 0 heterocycles. The third-order valence-electron chi connectivity index (χ3n) is 7.84. The minimum Gasteiger partial charge on any atom is -0.490 e. The van der Waals surface area contributed by atoms with E-state index in [2.05, 4.69) is 26.3 Å². The van der Waals surface area contributed by atoms with Crippen LogP contribution in [-0.2, 0) is 0 Å². The molecule has 0 fully saturated rings. The van der Waals surface area contributed by atoms with E-state index in [0.717, 1.165) is 77.0 Å². The molecule has 3 rings (SSSR count). The molecule has 3 aromatic rings. The minimum absolute atomic E-state index is 0.293. The normalized spacial score (nSPS) is 10.5. The second kappa shape index (κ2) is 24.8. The Labute approximate surface area is 309 Å². The van der Waals surface area contributed by atoms with Crippen molar-refractivity contribution in [3.63, 3.8) is 0 Å². The van der Waals surface area contributed by atoms with Gasteiger partial charge in [0.2, 0.25) is 0 Å². The number of benzene rings is 3. The summed E-state index contributed by atoms with van der Waals surface area (Å²) >= 11 is 0. The van der Waals surface area contributed by atoms with Crippen molar-refractivity contribution < 1.29 is 38.0 Å². The Hall–Kier alpha value is -5.24. The molecule has 0 saturated heterocycles. The van der Waals surface area contributed by atoms with Crippen molar-refractivity contribution in [1.82, 2.24) is 0 Å². The fourth-order valence-corrected chi connectivity index (χ4v) is 4.93. The molecule has 0 amide bonds. The maximum atomic E-state index is 13.1. The zero-order chi connectivity index (χ0) is 37.2. The quantitative estimate of drug-likeness (QED) is 0.0318. The van der Waals surface area contributed by atoms with Gasteiger partial charge in [-0.2, -0.15) is 0 Å². The monoisotopic (exact) mass is 710 g/mol. The van der Waals surface area contributed by atoms with Crippen molar-refractivity contribution in [2.24, 2.45) is 0 Å². The van der Waals surface area contributed by atoms with Crippen LogP contribution in [0.5, 0.6) is 34.5 Å². The highest BCUT2D eigenvalue weighted by atomic mass is 16.5. The van der Waals surface area contributed by atoms with Crippen molar-refractivity contribution >= 4 is 11.9 Å². The van der Waals surface area contributed by atoms with Gasteiger partial charge in [-0.3, -0.25) is 0 Å². The van der Waals surface area contributed by atoms with E-state index in [9.17, 15) is 9.59 Å². The summed E-state index contributed by atoms with van der Waals surface area (Å²) in [5, 5.41) is 0. The van der Waals surface area contributed by atoms with Crippen LogP contribution in [-0.4, -0.2) is 38.4 Å². The molecule has 0 spiro atoms. The molecule has 0 unspecified atom stereocenters. The lowest BCUT2D eigenvalue weighted by Crippen LogP contribution is -2.11. The maximum absolute atomic E-state index is 13.1. The smallest absolute Gasteiger partial charge is 0.343 e. The second-order valence-corrected chi connectivity index (χ2v) is 12.1. The standard InChI is InChI=1S/C44H54O8/c1-5-9-13-17-29-47-39-27-21-35(33-41(39)49-31-19-15-11-7-3)43(45)51-37-23-25-38(26-24-37)52-44(46)36-22-28-40(48-30-18-14-10-6-2)42(34-36)50-32-20-16-12-8-4/h5-8,21-28,33-34H,1-4,9-20,29-32H2. The molecule has 0 aromatic heterocycles. The summed E-state index contributed by atoms with van der Waals surface area (Å²) in [7, 11) is 0. The van der Waals surface area contributed by atoms with Gasteiger partial charge in [-0.15, -0.1) is 26.3 Å². The average molecular weight is 711 g/mol. The van der Waals surface area contributed by atoms with Crippen LogP contribution in [0, 0.1) is 0 Å². The highest BCUT2D eigenvalue weighted by Gasteiger charge is 2.17. The molecular formula is C44H54O8. The number of unbranched alkanes of at least 4 members (excludes halogenated alkanes) is 8. The van der Waals surface area contributed by atoms with E-state index in [4.69, 9.17) is 28.4 Å². The first kappa shape index (κ1) is 41.2. The predicted octanol–water partition coefficient (Wildman–Crippen LogP) is 11.1. The van der Waals surface area contributed by atoms with E-state index in [0.29, 0.717) is 72.1 Å². The summed E-state index contributed by atoms with van der Waals surface area (Å²) in [6.07, 6.45) is 18.6. The molecule has 52 heavy (non-hydrogen) atoms.